The number of aromatic hydroxyl groups is 2. The third-order valence-corrected chi connectivity index (χ3v) is 8.06. The van der Waals surface area contributed by atoms with Gasteiger partial charge >= 0.3 is 0 Å². The molecule has 0 bridgehead atoms. The van der Waals surface area contributed by atoms with Gasteiger partial charge < -0.3 is 19.7 Å². The Bertz CT molecular complexity index is 1120. The quantitative estimate of drug-likeness (QED) is 0.442. The van der Waals surface area contributed by atoms with Crippen LogP contribution in [0.1, 0.15) is 42.7 Å². The first-order valence-corrected chi connectivity index (χ1v) is 12.8. The standard InChI is InChI=1S/C28H31NO4S/c1-18-13-14-29(16-18)19(2)17-32-24-10-5-20(6-11-24)27-28(21-3-7-22(30)8-4-21)34-26-15-23(31)9-12-25(26)33-27/h3-12,15,18-19,27-28,30-31H,13-14,16-17H2,1-2H3/t18-,19+,27+,28-/m1/s1. The van der Waals surface area contributed by atoms with Gasteiger partial charge in [-0.3, -0.25) is 4.90 Å². The minimum Gasteiger partial charge on any atom is -0.508 e. The molecule has 5 rings (SSSR count). The lowest BCUT2D eigenvalue weighted by Gasteiger charge is -2.34. The molecule has 2 aliphatic rings. The number of rotatable bonds is 6. The predicted octanol–water partition coefficient (Wildman–Crippen LogP) is 6.17. The lowest BCUT2D eigenvalue weighted by atomic mass is 10.00. The van der Waals surface area contributed by atoms with Crippen molar-refractivity contribution in [2.45, 2.75) is 42.6 Å². The number of hydrogen-bond acceptors (Lipinski definition) is 6. The van der Waals surface area contributed by atoms with E-state index in [1.54, 1.807) is 36.0 Å². The maximum atomic E-state index is 9.95. The van der Waals surface area contributed by atoms with Crippen LogP contribution in [0.25, 0.3) is 0 Å². The van der Waals surface area contributed by atoms with Crippen LogP contribution in [0.4, 0.5) is 0 Å². The Balaban J connectivity index is 1.33. The van der Waals surface area contributed by atoms with Gasteiger partial charge in [-0.05, 0) is 79.4 Å². The van der Waals surface area contributed by atoms with E-state index in [1.165, 1.54) is 6.42 Å². The molecular weight excluding hydrogens is 446 g/mol. The zero-order valence-corrected chi connectivity index (χ0v) is 20.4. The second kappa shape index (κ2) is 9.80. The number of fused-ring (bicyclic) bond motifs is 1. The molecule has 178 valence electrons. The van der Waals surface area contributed by atoms with E-state index in [-0.39, 0.29) is 22.9 Å². The highest BCUT2D eigenvalue weighted by atomic mass is 32.2. The topological polar surface area (TPSA) is 62.2 Å². The minimum atomic E-state index is -0.217. The Morgan fingerprint density at radius 3 is 2.41 bits per heavy atom. The number of phenols is 2. The third kappa shape index (κ3) is 4.98. The first kappa shape index (κ1) is 22.9. The van der Waals surface area contributed by atoms with E-state index in [2.05, 4.69) is 30.9 Å². The van der Waals surface area contributed by atoms with Crippen molar-refractivity contribution in [3.8, 4) is 23.0 Å². The summed E-state index contributed by atoms with van der Waals surface area (Å²) in [6, 6.07) is 21.0. The molecule has 0 aliphatic carbocycles. The van der Waals surface area contributed by atoms with Crippen LogP contribution in [0.15, 0.2) is 71.6 Å². The minimum absolute atomic E-state index is 0.0288. The number of nitrogens with zero attached hydrogens (tertiary/aromatic N) is 1. The first-order chi connectivity index (χ1) is 16.5. The molecule has 34 heavy (non-hydrogen) atoms. The zero-order valence-electron chi connectivity index (χ0n) is 19.6. The van der Waals surface area contributed by atoms with E-state index >= 15 is 0 Å². The molecule has 0 unspecified atom stereocenters. The monoisotopic (exact) mass is 477 g/mol. The van der Waals surface area contributed by atoms with Crippen LogP contribution in [0, 0.1) is 5.92 Å². The molecule has 2 N–H and O–H groups in total. The number of thioether (sulfide) groups is 1. The Kier molecular flexibility index (Phi) is 6.61. The summed E-state index contributed by atoms with van der Waals surface area (Å²) in [5.74, 6) is 2.84. The van der Waals surface area contributed by atoms with Crippen molar-refractivity contribution < 1.29 is 19.7 Å². The summed E-state index contributed by atoms with van der Waals surface area (Å²) in [6.45, 7) is 7.52. The van der Waals surface area contributed by atoms with E-state index in [0.29, 0.717) is 12.6 Å². The molecule has 2 aliphatic heterocycles. The fourth-order valence-corrected chi connectivity index (χ4v) is 6.00. The summed E-state index contributed by atoms with van der Waals surface area (Å²) in [4.78, 5) is 3.41. The molecule has 1 saturated heterocycles. The molecule has 0 amide bonds. The SMILES string of the molecule is C[C@@H]1CCN([C@@H](C)COc2ccc([C@@H]3Oc4ccc(O)cc4S[C@@H]3c3ccc(O)cc3)cc2)C1. The summed E-state index contributed by atoms with van der Waals surface area (Å²) < 4.78 is 12.6. The van der Waals surface area contributed by atoms with Crippen LogP contribution in [0.3, 0.4) is 0 Å². The van der Waals surface area contributed by atoms with Gasteiger partial charge in [0.05, 0.1) is 10.1 Å². The Hall–Kier alpha value is -2.83. The largest absolute Gasteiger partial charge is 0.508 e. The van der Waals surface area contributed by atoms with E-state index in [0.717, 1.165) is 46.5 Å². The van der Waals surface area contributed by atoms with Gasteiger partial charge in [0.15, 0.2) is 0 Å². The summed E-state index contributed by atoms with van der Waals surface area (Å²) >= 11 is 1.66. The Morgan fingerprint density at radius 2 is 1.71 bits per heavy atom. The molecule has 2 heterocycles. The molecule has 0 saturated carbocycles. The van der Waals surface area contributed by atoms with Crippen molar-refractivity contribution in [2.75, 3.05) is 19.7 Å². The van der Waals surface area contributed by atoms with Gasteiger partial charge in [-0.25, -0.2) is 0 Å². The van der Waals surface area contributed by atoms with Gasteiger partial charge in [0.1, 0.15) is 35.7 Å². The average molecular weight is 478 g/mol. The van der Waals surface area contributed by atoms with Crippen molar-refractivity contribution in [1.29, 1.82) is 0 Å². The lowest BCUT2D eigenvalue weighted by molar-refractivity contribution is 0.168. The highest BCUT2D eigenvalue weighted by molar-refractivity contribution is 7.99. The molecule has 3 aromatic carbocycles. The second-order valence-electron chi connectivity index (χ2n) is 9.42. The molecule has 1 fully saturated rings. The average Bonchev–Trinajstić information content (AvgIpc) is 3.29. The molecule has 0 spiro atoms. The number of hydrogen-bond donors (Lipinski definition) is 2. The van der Waals surface area contributed by atoms with Gasteiger partial charge in [0.2, 0.25) is 0 Å². The normalized spacial score (nSPS) is 23.2. The molecule has 0 aromatic heterocycles. The predicted molar refractivity (Wildman–Crippen MR) is 135 cm³/mol. The van der Waals surface area contributed by atoms with Crippen LogP contribution in [-0.2, 0) is 0 Å². The summed E-state index contributed by atoms with van der Waals surface area (Å²) in [7, 11) is 0. The van der Waals surface area contributed by atoms with Crippen molar-refractivity contribution >= 4 is 11.8 Å². The van der Waals surface area contributed by atoms with Crippen LogP contribution >= 0.6 is 11.8 Å². The van der Waals surface area contributed by atoms with Gasteiger partial charge in [0, 0.05) is 12.6 Å². The summed E-state index contributed by atoms with van der Waals surface area (Å²) in [5.41, 5.74) is 2.11. The lowest BCUT2D eigenvalue weighted by Crippen LogP contribution is -2.35. The maximum absolute atomic E-state index is 9.95. The number of ether oxygens (including phenoxy) is 2. The number of likely N-dealkylation sites (tertiary alicyclic amines) is 1. The summed E-state index contributed by atoms with van der Waals surface area (Å²) in [5, 5.41) is 19.7. The van der Waals surface area contributed by atoms with E-state index in [9.17, 15) is 10.2 Å². The zero-order chi connectivity index (χ0) is 23.7. The maximum Gasteiger partial charge on any atom is 0.140 e. The molecular formula is C28H31NO4S. The third-order valence-electron chi connectivity index (χ3n) is 6.71. The first-order valence-electron chi connectivity index (χ1n) is 11.9. The number of phenolic OH excluding ortho intramolecular Hbond substituents is 2. The fraction of sp³-hybridized carbons (Fsp3) is 0.357. The second-order valence-corrected chi connectivity index (χ2v) is 10.6. The van der Waals surface area contributed by atoms with Gasteiger partial charge in [-0.1, -0.05) is 31.2 Å². The Labute approximate surface area is 205 Å². The van der Waals surface area contributed by atoms with Crippen molar-refractivity contribution in [3.05, 3.63) is 77.9 Å². The fourth-order valence-electron chi connectivity index (χ4n) is 4.68. The van der Waals surface area contributed by atoms with Gasteiger partial charge in [-0.15, -0.1) is 11.8 Å². The van der Waals surface area contributed by atoms with Crippen LogP contribution in [-0.4, -0.2) is 40.9 Å². The van der Waals surface area contributed by atoms with Gasteiger partial charge in [-0.2, -0.15) is 0 Å². The van der Waals surface area contributed by atoms with E-state index < -0.39 is 0 Å². The van der Waals surface area contributed by atoms with Crippen molar-refractivity contribution in [3.63, 3.8) is 0 Å². The highest BCUT2D eigenvalue weighted by Crippen LogP contribution is 2.54. The van der Waals surface area contributed by atoms with Crippen molar-refractivity contribution in [1.82, 2.24) is 4.90 Å². The van der Waals surface area contributed by atoms with E-state index in [4.69, 9.17) is 9.47 Å². The number of benzene rings is 3. The highest BCUT2D eigenvalue weighted by Gasteiger charge is 2.33. The molecule has 3 aromatic rings. The molecule has 5 nitrogen and oxygen atoms in total. The molecule has 0 radical (unpaired) electrons. The van der Waals surface area contributed by atoms with Gasteiger partial charge in [0.25, 0.3) is 0 Å². The van der Waals surface area contributed by atoms with E-state index in [1.807, 2.05) is 30.3 Å². The van der Waals surface area contributed by atoms with Crippen LogP contribution in [0.5, 0.6) is 23.0 Å². The Morgan fingerprint density at radius 1 is 1.00 bits per heavy atom. The van der Waals surface area contributed by atoms with Crippen LogP contribution < -0.4 is 9.47 Å². The smallest absolute Gasteiger partial charge is 0.140 e. The summed E-state index contributed by atoms with van der Waals surface area (Å²) in [6.07, 6.45) is 1.05. The van der Waals surface area contributed by atoms with Crippen LogP contribution in [0.2, 0.25) is 0 Å². The molecule has 6 heteroatoms. The molecule has 4 atom stereocenters. The van der Waals surface area contributed by atoms with Crippen molar-refractivity contribution in [2.24, 2.45) is 5.92 Å².